The molecule has 1 aliphatic heterocycles. The van der Waals surface area contributed by atoms with E-state index in [1.165, 1.54) is 0 Å². The summed E-state index contributed by atoms with van der Waals surface area (Å²) < 4.78 is 5.74. The van der Waals surface area contributed by atoms with Gasteiger partial charge in [-0.2, -0.15) is 0 Å². The molecule has 1 aromatic carbocycles. The molecular weight excluding hydrogens is 264 g/mol. The summed E-state index contributed by atoms with van der Waals surface area (Å²) in [6, 6.07) is 7.60. The Bertz CT molecular complexity index is 434. The molecule has 1 fully saturated rings. The first kappa shape index (κ1) is 14.3. The maximum atomic E-state index is 12.0. The number of amides is 1. The molecule has 0 radical (unpaired) electrons. The van der Waals surface area contributed by atoms with Gasteiger partial charge in [-0.25, -0.2) is 0 Å². The van der Waals surface area contributed by atoms with Crippen molar-refractivity contribution in [3.05, 3.63) is 34.9 Å². The Morgan fingerprint density at radius 1 is 1.42 bits per heavy atom. The molecule has 1 aromatic rings. The largest absolute Gasteiger partial charge is 0.370 e. The van der Waals surface area contributed by atoms with Gasteiger partial charge in [0.1, 0.15) is 6.10 Å². The van der Waals surface area contributed by atoms with Crippen LogP contribution in [0.25, 0.3) is 0 Å². The van der Waals surface area contributed by atoms with E-state index in [1.54, 1.807) is 0 Å². The van der Waals surface area contributed by atoms with E-state index in [2.05, 4.69) is 0 Å². The maximum Gasteiger partial charge on any atom is 0.236 e. The van der Waals surface area contributed by atoms with Crippen molar-refractivity contribution in [2.24, 2.45) is 0 Å². The van der Waals surface area contributed by atoms with Gasteiger partial charge in [-0.3, -0.25) is 4.79 Å². The highest BCUT2D eigenvalue weighted by atomic mass is 35.5. The number of morpholine rings is 1. The quantitative estimate of drug-likeness (QED) is 0.848. The van der Waals surface area contributed by atoms with Crippen LogP contribution in [0, 0.1) is 0 Å². The molecule has 2 rings (SSSR count). The number of nitrogens with zero attached hydrogens (tertiary/aromatic N) is 2. The summed E-state index contributed by atoms with van der Waals surface area (Å²) in [7, 11) is 3.80. The van der Waals surface area contributed by atoms with Crippen LogP contribution in [0.1, 0.15) is 11.7 Å². The van der Waals surface area contributed by atoms with Crippen LogP contribution in [0.2, 0.25) is 5.02 Å². The Hall–Kier alpha value is -1.10. The fraction of sp³-hybridized carbons (Fsp3) is 0.500. The normalized spacial score (nSPS) is 19.8. The lowest BCUT2D eigenvalue weighted by Crippen LogP contribution is -2.45. The minimum Gasteiger partial charge on any atom is -0.370 e. The number of rotatable bonds is 3. The molecule has 0 bridgehead atoms. The second-order valence-corrected chi connectivity index (χ2v) is 5.42. The third-order valence-electron chi connectivity index (χ3n) is 3.11. The first-order valence-corrected chi connectivity index (χ1v) is 6.73. The number of benzene rings is 1. The van der Waals surface area contributed by atoms with E-state index in [0.29, 0.717) is 31.3 Å². The van der Waals surface area contributed by atoms with Crippen LogP contribution in [0.4, 0.5) is 0 Å². The van der Waals surface area contributed by atoms with E-state index >= 15 is 0 Å². The Balaban J connectivity index is 2.00. The van der Waals surface area contributed by atoms with Crippen molar-refractivity contribution in [3.8, 4) is 0 Å². The summed E-state index contributed by atoms with van der Waals surface area (Å²) in [5.74, 6) is 0.146. The van der Waals surface area contributed by atoms with Crippen molar-refractivity contribution in [2.75, 3.05) is 40.3 Å². The summed E-state index contributed by atoms with van der Waals surface area (Å²) in [4.78, 5) is 15.8. The smallest absolute Gasteiger partial charge is 0.236 e. The zero-order valence-electron chi connectivity index (χ0n) is 11.3. The summed E-state index contributed by atoms with van der Waals surface area (Å²) in [6.07, 6.45) is -0.0582. The van der Waals surface area contributed by atoms with Crippen molar-refractivity contribution in [1.82, 2.24) is 9.80 Å². The van der Waals surface area contributed by atoms with E-state index in [9.17, 15) is 4.79 Å². The van der Waals surface area contributed by atoms with Gasteiger partial charge in [0.15, 0.2) is 0 Å². The second-order valence-electron chi connectivity index (χ2n) is 4.99. The molecule has 0 unspecified atom stereocenters. The molecule has 1 heterocycles. The fourth-order valence-corrected chi connectivity index (χ4v) is 2.25. The van der Waals surface area contributed by atoms with E-state index < -0.39 is 0 Å². The minimum absolute atomic E-state index is 0.0582. The minimum atomic E-state index is -0.0582. The SMILES string of the molecule is CN(C)CC(=O)N1CCO[C@H](c2ccc(Cl)cc2)C1. The van der Waals surface area contributed by atoms with Gasteiger partial charge in [0.2, 0.25) is 5.91 Å². The molecule has 0 N–H and O–H groups in total. The van der Waals surface area contributed by atoms with Gasteiger partial charge < -0.3 is 14.5 Å². The zero-order chi connectivity index (χ0) is 13.8. The van der Waals surface area contributed by atoms with Crippen LogP contribution >= 0.6 is 11.6 Å². The molecule has 4 nitrogen and oxygen atoms in total. The number of carbonyl (C=O) groups excluding carboxylic acids is 1. The molecule has 0 aliphatic carbocycles. The van der Waals surface area contributed by atoms with Gasteiger partial charge in [-0.1, -0.05) is 23.7 Å². The highest BCUT2D eigenvalue weighted by molar-refractivity contribution is 6.30. The van der Waals surface area contributed by atoms with Crippen molar-refractivity contribution in [1.29, 1.82) is 0 Å². The number of hydrogen-bond donors (Lipinski definition) is 0. The maximum absolute atomic E-state index is 12.0. The van der Waals surface area contributed by atoms with E-state index in [4.69, 9.17) is 16.3 Å². The van der Waals surface area contributed by atoms with Gasteiger partial charge in [0.05, 0.1) is 19.7 Å². The number of halogens is 1. The van der Waals surface area contributed by atoms with Gasteiger partial charge in [-0.15, -0.1) is 0 Å². The standard InChI is InChI=1S/C14H19ClN2O2/c1-16(2)10-14(18)17-7-8-19-13(9-17)11-3-5-12(15)6-4-11/h3-6,13H,7-10H2,1-2H3/t13-/m0/s1. The molecule has 0 saturated carbocycles. The second kappa shape index (κ2) is 6.37. The summed E-state index contributed by atoms with van der Waals surface area (Å²) in [6.45, 7) is 2.28. The monoisotopic (exact) mass is 282 g/mol. The Kier molecular flexibility index (Phi) is 4.80. The molecule has 1 amide bonds. The van der Waals surface area contributed by atoms with Crippen molar-refractivity contribution >= 4 is 17.5 Å². The van der Waals surface area contributed by atoms with Crippen molar-refractivity contribution < 1.29 is 9.53 Å². The van der Waals surface area contributed by atoms with Crippen LogP contribution in [0.15, 0.2) is 24.3 Å². The molecule has 1 aliphatic rings. The lowest BCUT2D eigenvalue weighted by molar-refractivity contribution is -0.139. The van der Waals surface area contributed by atoms with Gasteiger partial charge >= 0.3 is 0 Å². The zero-order valence-corrected chi connectivity index (χ0v) is 12.1. The Labute approximate surface area is 118 Å². The fourth-order valence-electron chi connectivity index (χ4n) is 2.13. The molecule has 0 aromatic heterocycles. The number of ether oxygens (including phenoxy) is 1. The first-order valence-electron chi connectivity index (χ1n) is 6.36. The topological polar surface area (TPSA) is 32.8 Å². The van der Waals surface area contributed by atoms with E-state index in [-0.39, 0.29) is 12.0 Å². The highest BCUT2D eigenvalue weighted by Gasteiger charge is 2.25. The third kappa shape index (κ3) is 3.93. The lowest BCUT2D eigenvalue weighted by Gasteiger charge is -2.33. The molecule has 5 heteroatoms. The molecule has 104 valence electrons. The average molecular weight is 283 g/mol. The van der Waals surface area contributed by atoms with E-state index in [0.717, 1.165) is 5.56 Å². The van der Waals surface area contributed by atoms with Crippen LogP contribution < -0.4 is 0 Å². The molecule has 19 heavy (non-hydrogen) atoms. The predicted octanol–water partition coefficient (Wildman–Crippen LogP) is 1.80. The van der Waals surface area contributed by atoms with Gasteiger partial charge in [0.25, 0.3) is 0 Å². The number of likely N-dealkylation sites (N-methyl/N-ethyl adjacent to an activating group) is 1. The predicted molar refractivity (Wildman–Crippen MR) is 75.3 cm³/mol. The Morgan fingerprint density at radius 2 is 2.11 bits per heavy atom. The number of carbonyl (C=O) groups is 1. The summed E-state index contributed by atoms with van der Waals surface area (Å²) in [5, 5.41) is 0.708. The molecule has 1 saturated heterocycles. The average Bonchev–Trinajstić information content (AvgIpc) is 2.39. The third-order valence-corrected chi connectivity index (χ3v) is 3.36. The Morgan fingerprint density at radius 3 is 2.74 bits per heavy atom. The molecule has 1 atom stereocenters. The van der Waals surface area contributed by atoms with Crippen LogP contribution in [-0.4, -0.2) is 56.0 Å². The molecule has 0 spiro atoms. The van der Waals surface area contributed by atoms with Crippen LogP contribution in [0.5, 0.6) is 0 Å². The highest BCUT2D eigenvalue weighted by Crippen LogP contribution is 2.23. The van der Waals surface area contributed by atoms with Crippen LogP contribution in [0.3, 0.4) is 0 Å². The van der Waals surface area contributed by atoms with Crippen LogP contribution in [-0.2, 0) is 9.53 Å². The first-order chi connectivity index (χ1) is 9.06. The number of hydrogen-bond acceptors (Lipinski definition) is 3. The molecular formula is C14H19ClN2O2. The van der Waals surface area contributed by atoms with Gasteiger partial charge in [0, 0.05) is 11.6 Å². The summed E-state index contributed by atoms with van der Waals surface area (Å²) >= 11 is 5.88. The summed E-state index contributed by atoms with van der Waals surface area (Å²) in [5.41, 5.74) is 1.06. The van der Waals surface area contributed by atoms with E-state index in [1.807, 2.05) is 48.2 Å². The lowest BCUT2D eigenvalue weighted by atomic mass is 10.1. The van der Waals surface area contributed by atoms with Gasteiger partial charge in [-0.05, 0) is 31.8 Å². The van der Waals surface area contributed by atoms with Crippen molar-refractivity contribution in [3.63, 3.8) is 0 Å². The van der Waals surface area contributed by atoms with Crippen molar-refractivity contribution in [2.45, 2.75) is 6.10 Å².